The lowest BCUT2D eigenvalue weighted by molar-refractivity contribution is -0.384. The molecular formula is C18H24N4O4S2. The number of likely N-dealkylation sites (N-methyl/N-ethyl adjacent to an activating group) is 1. The van der Waals surface area contributed by atoms with Crippen molar-refractivity contribution in [2.75, 3.05) is 33.2 Å². The Hall–Kier alpha value is -1.85. The zero-order valence-corrected chi connectivity index (χ0v) is 17.4. The molecule has 1 aromatic carbocycles. The molecule has 2 heterocycles. The molecule has 1 fully saturated rings. The Bertz CT molecular complexity index is 892. The van der Waals surface area contributed by atoms with Gasteiger partial charge in [-0.25, -0.2) is 13.1 Å². The van der Waals surface area contributed by atoms with Crippen LogP contribution in [0.25, 0.3) is 0 Å². The lowest BCUT2D eigenvalue weighted by Gasteiger charge is -2.40. The van der Waals surface area contributed by atoms with E-state index in [2.05, 4.69) is 21.6 Å². The van der Waals surface area contributed by atoms with Gasteiger partial charge in [0.2, 0.25) is 10.0 Å². The van der Waals surface area contributed by atoms with Crippen molar-refractivity contribution >= 4 is 27.0 Å². The van der Waals surface area contributed by atoms with Crippen LogP contribution in [0.15, 0.2) is 46.7 Å². The Morgan fingerprint density at radius 3 is 2.32 bits per heavy atom. The van der Waals surface area contributed by atoms with Gasteiger partial charge in [0.15, 0.2) is 0 Å². The van der Waals surface area contributed by atoms with Gasteiger partial charge in [-0.3, -0.25) is 15.0 Å². The van der Waals surface area contributed by atoms with Crippen LogP contribution in [0, 0.1) is 10.1 Å². The summed E-state index contributed by atoms with van der Waals surface area (Å²) in [5, 5.41) is 12.8. The lowest BCUT2D eigenvalue weighted by Crippen LogP contribution is -2.51. The summed E-state index contributed by atoms with van der Waals surface area (Å²) in [4.78, 5) is 16.0. The summed E-state index contributed by atoms with van der Waals surface area (Å²) in [5.74, 6) is 0. The largest absolute Gasteiger partial charge is 0.304 e. The molecule has 0 unspecified atom stereocenters. The fraction of sp³-hybridized carbons (Fsp3) is 0.444. The van der Waals surface area contributed by atoms with Crippen LogP contribution in [0.2, 0.25) is 0 Å². The molecule has 0 amide bonds. The molecule has 1 N–H and O–H groups in total. The third-order valence-corrected chi connectivity index (χ3v) is 7.46. The molecule has 8 nitrogen and oxygen atoms in total. The molecule has 0 saturated carbocycles. The van der Waals surface area contributed by atoms with Gasteiger partial charge in [0.25, 0.3) is 5.69 Å². The molecule has 1 aliphatic heterocycles. The van der Waals surface area contributed by atoms with Gasteiger partial charge >= 0.3 is 0 Å². The van der Waals surface area contributed by atoms with Crippen LogP contribution in [0.4, 0.5) is 5.69 Å². The van der Waals surface area contributed by atoms with E-state index in [0.717, 1.165) is 31.1 Å². The molecule has 2 aromatic rings. The smallest absolute Gasteiger partial charge is 0.269 e. The zero-order chi connectivity index (χ0) is 20.3. The second-order valence-corrected chi connectivity index (χ2v) is 9.65. The molecule has 3 rings (SSSR count). The second-order valence-electron chi connectivity index (χ2n) is 6.96. The highest BCUT2D eigenvalue weighted by Gasteiger charge is 2.32. The van der Waals surface area contributed by atoms with E-state index in [-0.39, 0.29) is 22.7 Å². The summed E-state index contributed by atoms with van der Waals surface area (Å²) in [5.41, 5.74) is -0.138. The van der Waals surface area contributed by atoms with E-state index in [1.54, 1.807) is 11.3 Å². The fourth-order valence-electron chi connectivity index (χ4n) is 3.43. The number of nitrogens with zero attached hydrogens (tertiary/aromatic N) is 3. The van der Waals surface area contributed by atoms with Crippen LogP contribution in [-0.2, 0) is 10.0 Å². The first-order valence-electron chi connectivity index (χ1n) is 9.01. The fourth-order valence-corrected chi connectivity index (χ4v) is 5.64. The number of sulfonamides is 1. The summed E-state index contributed by atoms with van der Waals surface area (Å²) in [6, 6.07) is 8.52. The summed E-state index contributed by atoms with van der Waals surface area (Å²) >= 11 is 1.62. The van der Waals surface area contributed by atoms with Crippen molar-refractivity contribution in [2.45, 2.75) is 23.9 Å². The molecule has 152 valence electrons. The first-order valence-corrected chi connectivity index (χ1v) is 11.4. The number of hydrogen-bond donors (Lipinski definition) is 1. The number of piperazine rings is 1. The van der Waals surface area contributed by atoms with E-state index in [1.807, 2.05) is 24.4 Å². The van der Waals surface area contributed by atoms with Crippen molar-refractivity contribution in [3.8, 4) is 0 Å². The molecule has 28 heavy (non-hydrogen) atoms. The van der Waals surface area contributed by atoms with Crippen LogP contribution in [0.5, 0.6) is 0 Å². The minimum absolute atomic E-state index is 0.0215. The first kappa shape index (κ1) is 20.9. The number of nitro groups is 1. The van der Waals surface area contributed by atoms with Gasteiger partial charge in [-0.05, 0) is 37.6 Å². The van der Waals surface area contributed by atoms with Crippen molar-refractivity contribution in [2.24, 2.45) is 0 Å². The Morgan fingerprint density at radius 2 is 1.79 bits per heavy atom. The van der Waals surface area contributed by atoms with Crippen LogP contribution in [0.3, 0.4) is 0 Å². The third kappa shape index (κ3) is 4.76. The van der Waals surface area contributed by atoms with E-state index < -0.39 is 14.9 Å². The third-order valence-electron chi connectivity index (χ3n) is 4.94. The van der Waals surface area contributed by atoms with E-state index in [0.29, 0.717) is 0 Å². The number of rotatable bonds is 7. The maximum absolute atomic E-state index is 12.8. The number of benzene rings is 1. The molecule has 1 aromatic heterocycles. The normalized spacial score (nSPS) is 18.6. The van der Waals surface area contributed by atoms with Crippen molar-refractivity contribution < 1.29 is 13.3 Å². The zero-order valence-electron chi connectivity index (χ0n) is 15.8. The highest BCUT2D eigenvalue weighted by Crippen LogP contribution is 2.30. The van der Waals surface area contributed by atoms with Crippen molar-refractivity contribution in [3.05, 3.63) is 56.8 Å². The van der Waals surface area contributed by atoms with Crippen molar-refractivity contribution in [3.63, 3.8) is 0 Å². The predicted octanol–water partition coefficient (Wildman–Crippen LogP) is 2.31. The topological polar surface area (TPSA) is 95.8 Å². The van der Waals surface area contributed by atoms with E-state index in [4.69, 9.17) is 0 Å². The monoisotopic (exact) mass is 424 g/mol. The van der Waals surface area contributed by atoms with E-state index in [1.165, 1.54) is 24.3 Å². The van der Waals surface area contributed by atoms with Gasteiger partial charge in [0, 0.05) is 49.2 Å². The summed E-state index contributed by atoms with van der Waals surface area (Å²) in [7, 11) is -1.71. The molecule has 1 aliphatic rings. The highest BCUT2D eigenvalue weighted by molar-refractivity contribution is 7.89. The van der Waals surface area contributed by atoms with Crippen molar-refractivity contribution in [1.82, 2.24) is 14.5 Å². The van der Waals surface area contributed by atoms with Crippen LogP contribution in [0.1, 0.15) is 17.8 Å². The standard InChI is InChI=1S/C18H24N4O4S2/c1-14(19-28(25,26)16-7-5-15(6-8-16)22(23)24)18(17-4-3-13-27-17)21-11-9-20(2)10-12-21/h3-8,13-14,18-19H,9-12H2,1-2H3/t14-,18-/m0/s1. The Morgan fingerprint density at radius 1 is 1.14 bits per heavy atom. The van der Waals surface area contributed by atoms with Crippen molar-refractivity contribution in [1.29, 1.82) is 0 Å². The number of hydrogen-bond acceptors (Lipinski definition) is 7. The Kier molecular flexibility index (Phi) is 6.46. The molecule has 0 bridgehead atoms. The van der Waals surface area contributed by atoms with Crippen LogP contribution < -0.4 is 4.72 Å². The Labute approximate surface area is 169 Å². The SMILES string of the molecule is C[C@H](NS(=O)(=O)c1ccc([N+](=O)[O-])cc1)[C@@H](c1cccs1)N1CCN(C)CC1. The molecule has 10 heteroatoms. The van der Waals surface area contributed by atoms with Gasteiger partial charge in [-0.1, -0.05) is 6.07 Å². The van der Waals surface area contributed by atoms with Gasteiger partial charge in [0.05, 0.1) is 15.9 Å². The molecule has 0 spiro atoms. The first-order chi connectivity index (χ1) is 13.3. The van der Waals surface area contributed by atoms with Gasteiger partial charge in [-0.2, -0.15) is 0 Å². The molecule has 0 radical (unpaired) electrons. The van der Waals surface area contributed by atoms with Crippen LogP contribution >= 0.6 is 11.3 Å². The molecule has 1 saturated heterocycles. The number of thiophene rings is 1. The van der Waals surface area contributed by atoms with Crippen LogP contribution in [-0.4, -0.2) is 62.4 Å². The molecular weight excluding hydrogens is 400 g/mol. The number of non-ortho nitro benzene ring substituents is 1. The minimum atomic E-state index is -3.79. The average molecular weight is 425 g/mol. The predicted molar refractivity (Wildman–Crippen MR) is 109 cm³/mol. The maximum atomic E-state index is 12.8. The summed E-state index contributed by atoms with van der Waals surface area (Å²) in [6.45, 7) is 5.46. The second kappa shape index (κ2) is 8.66. The lowest BCUT2D eigenvalue weighted by atomic mass is 10.1. The van der Waals surface area contributed by atoms with Gasteiger partial charge in [0.1, 0.15) is 0 Å². The number of nitrogens with one attached hydrogen (secondary N) is 1. The maximum Gasteiger partial charge on any atom is 0.269 e. The van der Waals surface area contributed by atoms with Gasteiger partial charge < -0.3 is 4.90 Å². The average Bonchev–Trinajstić information content (AvgIpc) is 3.17. The van der Waals surface area contributed by atoms with E-state index >= 15 is 0 Å². The van der Waals surface area contributed by atoms with Gasteiger partial charge in [-0.15, -0.1) is 11.3 Å². The number of nitro benzene ring substituents is 1. The molecule has 2 atom stereocenters. The molecule has 0 aliphatic carbocycles. The Balaban J connectivity index is 1.80. The quantitative estimate of drug-likeness (QED) is 0.541. The minimum Gasteiger partial charge on any atom is -0.304 e. The summed E-state index contributed by atoms with van der Waals surface area (Å²) in [6.07, 6.45) is 0. The summed E-state index contributed by atoms with van der Waals surface area (Å²) < 4.78 is 28.4. The highest BCUT2D eigenvalue weighted by atomic mass is 32.2. The van der Waals surface area contributed by atoms with E-state index in [9.17, 15) is 18.5 Å².